The fourth-order valence-electron chi connectivity index (χ4n) is 2.41. The first-order valence-electron chi connectivity index (χ1n) is 6.69. The number of piperazine rings is 1. The maximum Gasteiger partial charge on any atom is 0.236 e. The number of hydrogen-bond acceptors (Lipinski definition) is 5. The Morgan fingerprint density at radius 1 is 1.28 bits per heavy atom. The molecule has 2 rings (SSSR count). The van der Waals surface area contributed by atoms with Crippen molar-refractivity contribution in [2.45, 2.75) is 6.10 Å². The fourth-order valence-corrected chi connectivity index (χ4v) is 2.41. The van der Waals surface area contributed by atoms with Crippen molar-refractivity contribution in [2.24, 2.45) is 5.73 Å². The summed E-state index contributed by atoms with van der Waals surface area (Å²) >= 11 is 0. The molecule has 18 heavy (non-hydrogen) atoms. The third kappa shape index (κ3) is 3.65. The first-order chi connectivity index (χ1) is 8.69. The first-order valence-corrected chi connectivity index (χ1v) is 6.69. The molecule has 2 fully saturated rings. The van der Waals surface area contributed by atoms with Crippen LogP contribution in [0.2, 0.25) is 0 Å². The molecule has 1 unspecified atom stereocenters. The largest absolute Gasteiger partial charge is 0.374 e. The SMILES string of the molecule is CN1CCN(C(=O)CN2CCOC(CN)C2)CC1. The molecule has 1 amide bonds. The van der Waals surface area contributed by atoms with E-state index in [1.54, 1.807) is 0 Å². The molecule has 6 heteroatoms. The summed E-state index contributed by atoms with van der Waals surface area (Å²) in [6, 6.07) is 0. The van der Waals surface area contributed by atoms with E-state index in [4.69, 9.17) is 10.5 Å². The topological polar surface area (TPSA) is 62.0 Å². The van der Waals surface area contributed by atoms with Crippen LogP contribution < -0.4 is 5.73 Å². The lowest BCUT2D eigenvalue weighted by atomic mass is 10.2. The van der Waals surface area contributed by atoms with Crippen LogP contribution in [0.1, 0.15) is 0 Å². The molecule has 0 bridgehead atoms. The molecule has 0 radical (unpaired) electrons. The molecule has 2 N–H and O–H groups in total. The van der Waals surface area contributed by atoms with Gasteiger partial charge >= 0.3 is 0 Å². The molecule has 2 saturated heterocycles. The maximum atomic E-state index is 12.2. The standard InChI is InChI=1S/C12H24N4O2/c1-14-2-4-16(5-3-14)12(17)10-15-6-7-18-11(8-13)9-15/h11H,2-10,13H2,1H3. The predicted octanol–water partition coefficient (Wildman–Crippen LogP) is -1.58. The number of rotatable bonds is 3. The predicted molar refractivity (Wildman–Crippen MR) is 69.3 cm³/mol. The van der Waals surface area contributed by atoms with Gasteiger partial charge in [-0.15, -0.1) is 0 Å². The van der Waals surface area contributed by atoms with Crippen LogP contribution in [0.15, 0.2) is 0 Å². The van der Waals surface area contributed by atoms with E-state index in [9.17, 15) is 4.79 Å². The highest BCUT2D eigenvalue weighted by molar-refractivity contribution is 5.78. The Labute approximate surface area is 109 Å². The van der Waals surface area contributed by atoms with E-state index in [-0.39, 0.29) is 12.0 Å². The lowest BCUT2D eigenvalue weighted by molar-refractivity contribution is -0.135. The number of likely N-dealkylation sites (N-methyl/N-ethyl adjacent to an activating group) is 1. The molecule has 0 aliphatic carbocycles. The van der Waals surface area contributed by atoms with Gasteiger partial charge in [0.2, 0.25) is 5.91 Å². The summed E-state index contributed by atoms with van der Waals surface area (Å²) in [5.74, 6) is 0.237. The Kier molecular flexibility index (Phi) is 4.94. The molecule has 2 aliphatic heterocycles. The fraction of sp³-hybridized carbons (Fsp3) is 0.917. The lowest BCUT2D eigenvalue weighted by Crippen LogP contribution is -2.53. The average Bonchev–Trinajstić information content (AvgIpc) is 2.39. The minimum Gasteiger partial charge on any atom is -0.374 e. The summed E-state index contributed by atoms with van der Waals surface area (Å²) in [7, 11) is 2.09. The smallest absolute Gasteiger partial charge is 0.236 e. The van der Waals surface area contributed by atoms with Gasteiger partial charge < -0.3 is 20.3 Å². The van der Waals surface area contributed by atoms with Crippen LogP contribution in [-0.4, -0.2) is 92.7 Å². The molecular formula is C12H24N4O2. The summed E-state index contributed by atoms with van der Waals surface area (Å²) in [6.07, 6.45) is 0.0824. The first kappa shape index (κ1) is 13.7. The molecule has 104 valence electrons. The number of hydrogen-bond donors (Lipinski definition) is 1. The Bertz CT molecular complexity index is 279. The minimum atomic E-state index is 0.0824. The molecule has 6 nitrogen and oxygen atoms in total. The molecular weight excluding hydrogens is 232 g/mol. The lowest BCUT2D eigenvalue weighted by Gasteiger charge is -2.36. The van der Waals surface area contributed by atoms with E-state index >= 15 is 0 Å². The second kappa shape index (κ2) is 6.47. The van der Waals surface area contributed by atoms with E-state index in [1.165, 1.54) is 0 Å². The van der Waals surface area contributed by atoms with Gasteiger partial charge in [-0.1, -0.05) is 0 Å². The van der Waals surface area contributed by atoms with Crippen LogP contribution in [0.25, 0.3) is 0 Å². The molecule has 0 aromatic heterocycles. The highest BCUT2D eigenvalue weighted by Gasteiger charge is 2.24. The zero-order valence-corrected chi connectivity index (χ0v) is 11.2. The van der Waals surface area contributed by atoms with Gasteiger partial charge in [0.1, 0.15) is 0 Å². The number of carbonyl (C=O) groups is 1. The summed E-state index contributed by atoms with van der Waals surface area (Å²) in [6.45, 7) is 6.95. The van der Waals surface area contributed by atoms with Crippen molar-refractivity contribution in [2.75, 3.05) is 66.0 Å². The van der Waals surface area contributed by atoms with Crippen molar-refractivity contribution in [3.8, 4) is 0 Å². The second-order valence-corrected chi connectivity index (χ2v) is 5.15. The van der Waals surface area contributed by atoms with E-state index in [1.807, 2.05) is 4.90 Å². The Morgan fingerprint density at radius 3 is 2.67 bits per heavy atom. The van der Waals surface area contributed by atoms with Crippen LogP contribution in [0, 0.1) is 0 Å². The number of amides is 1. The van der Waals surface area contributed by atoms with E-state index in [0.717, 1.165) is 39.3 Å². The van der Waals surface area contributed by atoms with Gasteiger partial charge in [0.05, 0.1) is 19.3 Å². The number of ether oxygens (including phenoxy) is 1. The Morgan fingerprint density at radius 2 is 2.00 bits per heavy atom. The van der Waals surface area contributed by atoms with Crippen LogP contribution in [0.4, 0.5) is 0 Å². The minimum absolute atomic E-state index is 0.0824. The van der Waals surface area contributed by atoms with Crippen molar-refractivity contribution in [3.63, 3.8) is 0 Å². The molecule has 1 atom stereocenters. The molecule has 0 aromatic carbocycles. The van der Waals surface area contributed by atoms with Gasteiger partial charge in [0, 0.05) is 45.8 Å². The van der Waals surface area contributed by atoms with Crippen molar-refractivity contribution >= 4 is 5.91 Å². The summed E-state index contributed by atoms with van der Waals surface area (Å²) in [4.78, 5) is 18.5. The van der Waals surface area contributed by atoms with Crippen LogP contribution >= 0.6 is 0 Å². The highest BCUT2D eigenvalue weighted by atomic mass is 16.5. The third-order valence-electron chi connectivity index (χ3n) is 3.70. The van der Waals surface area contributed by atoms with Gasteiger partial charge in [0.25, 0.3) is 0 Å². The van der Waals surface area contributed by atoms with E-state index in [0.29, 0.717) is 19.7 Å². The zero-order chi connectivity index (χ0) is 13.0. The number of morpholine rings is 1. The van der Waals surface area contributed by atoms with Crippen LogP contribution in [0.5, 0.6) is 0 Å². The number of nitrogens with zero attached hydrogens (tertiary/aromatic N) is 3. The van der Waals surface area contributed by atoms with Crippen molar-refractivity contribution in [1.29, 1.82) is 0 Å². The van der Waals surface area contributed by atoms with Gasteiger partial charge in [-0.05, 0) is 7.05 Å². The number of nitrogens with two attached hydrogens (primary N) is 1. The van der Waals surface area contributed by atoms with Crippen molar-refractivity contribution in [1.82, 2.24) is 14.7 Å². The summed E-state index contributed by atoms with van der Waals surface area (Å²) in [5.41, 5.74) is 5.60. The third-order valence-corrected chi connectivity index (χ3v) is 3.70. The average molecular weight is 256 g/mol. The summed E-state index contributed by atoms with van der Waals surface area (Å²) in [5, 5.41) is 0. The van der Waals surface area contributed by atoms with Gasteiger partial charge in [-0.25, -0.2) is 0 Å². The normalized spacial score (nSPS) is 27.4. The highest BCUT2D eigenvalue weighted by Crippen LogP contribution is 2.06. The van der Waals surface area contributed by atoms with Crippen molar-refractivity contribution in [3.05, 3.63) is 0 Å². The number of carbonyl (C=O) groups excluding carboxylic acids is 1. The molecule has 0 aromatic rings. The molecule has 0 saturated carbocycles. The monoisotopic (exact) mass is 256 g/mol. The zero-order valence-electron chi connectivity index (χ0n) is 11.2. The maximum absolute atomic E-state index is 12.2. The van der Waals surface area contributed by atoms with Crippen LogP contribution in [-0.2, 0) is 9.53 Å². The quantitative estimate of drug-likeness (QED) is 0.660. The van der Waals surface area contributed by atoms with Crippen molar-refractivity contribution < 1.29 is 9.53 Å². The van der Waals surface area contributed by atoms with Gasteiger partial charge in [-0.2, -0.15) is 0 Å². The summed E-state index contributed by atoms with van der Waals surface area (Å²) < 4.78 is 5.50. The Balaban J connectivity index is 1.76. The second-order valence-electron chi connectivity index (χ2n) is 5.15. The van der Waals surface area contributed by atoms with Crippen LogP contribution in [0.3, 0.4) is 0 Å². The molecule has 2 aliphatic rings. The van der Waals surface area contributed by atoms with Gasteiger partial charge in [-0.3, -0.25) is 9.69 Å². The van der Waals surface area contributed by atoms with E-state index < -0.39 is 0 Å². The Hall–Kier alpha value is -0.690. The van der Waals surface area contributed by atoms with Gasteiger partial charge in [0.15, 0.2) is 0 Å². The molecule has 0 spiro atoms. The molecule has 2 heterocycles. The van der Waals surface area contributed by atoms with E-state index in [2.05, 4.69) is 16.8 Å².